The Kier molecular flexibility index (Phi) is 7.75. The zero-order valence-corrected chi connectivity index (χ0v) is 24.4. The van der Waals surface area contributed by atoms with Crippen molar-refractivity contribution < 1.29 is 19.0 Å². The lowest BCUT2D eigenvalue weighted by atomic mass is 9.85. The number of anilines is 2. The number of allylic oxidation sites excluding steroid dienone is 1. The number of hydrogen-bond acceptors (Lipinski definition) is 6. The van der Waals surface area contributed by atoms with Crippen molar-refractivity contribution in [2.24, 2.45) is 0 Å². The average Bonchev–Trinajstić information content (AvgIpc) is 2.95. The van der Waals surface area contributed by atoms with Gasteiger partial charge in [-0.25, -0.2) is 4.79 Å². The fraction of sp³-hybridized carbons (Fsp3) is 0.229. The number of carbonyl (C=O) groups excluding carboxylic acids is 1. The van der Waals surface area contributed by atoms with E-state index < -0.39 is 5.97 Å². The van der Waals surface area contributed by atoms with Crippen molar-refractivity contribution >= 4 is 22.9 Å². The van der Waals surface area contributed by atoms with Gasteiger partial charge in [-0.2, -0.15) is 0 Å². The summed E-state index contributed by atoms with van der Waals surface area (Å²) in [6, 6.07) is 25.0. The maximum Gasteiger partial charge on any atom is 0.343 e. The molecule has 0 radical (unpaired) electrons. The Balaban J connectivity index is 1.55. The number of carbonyl (C=O) groups is 1. The van der Waals surface area contributed by atoms with Crippen LogP contribution in [-0.4, -0.2) is 25.7 Å². The van der Waals surface area contributed by atoms with E-state index in [-0.39, 0.29) is 5.54 Å². The molecule has 6 nitrogen and oxygen atoms in total. The maximum atomic E-state index is 12.8. The molecule has 0 atom stereocenters. The van der Waals surface area contributed by atoms with Crippen molar-refractivity contribution in [1.82, 2.24) is 0 Å². The zero-order valence-electron chi connectivity index (χ0n) is 24.4. The van der Waals surface area contributed by atoms with Crippen LogP contribution in [0.3, 0.4) is 0 Å². The van der Waals surface area contributed by atoms with Crippen LogP contribution in [0.25, 0.3) is 16.7 Å². The number of hydrogen-bond donors (Lipinski definition) is 2. The van der Waals surface area contributed by atoms with Crippen molar-refractivity contribution in [2.45, 2.75) is 39.8 Å². The van der Waals surface area contributed by atoms with Crippen LogP contribution in [0.4, 0.5) is 11.4 Å². The van der Waals surface area contributed by atoms with Crippen LogP contribution < -0.4 is 24.8 Å². The first kappa shape index (κ1) is 27.8. The van der Waals surface area contributed by atoms with E-state index in [4.69, 9.17) is 14.2 Å². The van der Waals surface area contributed by atoms with Gasteiger partial charge in [0.05, 0.1) is 31.0 Å². The minimum absolute atomic E-state index is 0.160. The van der Waals surface area contributed by atoms with Gasteiger partial charge in [0.15, 0.2) is 0 Å². The number of nitrogens with one attached hydrogen (secondary N) is 2. The van der Waals surface area contributed by atoms with E-state index in [0.717, 1.165) is 44.9 Å². The second-order valence-electron chi connectivity index (χ2n) is 10.9. The Morgan fingerprint density at radius 3 is 2.29 bits per heavy atom. The zero-order chi connectivity index (χ0) is 29.1. The minimum Gasteiger partial charge on any atom is -0.496 e. The van der Waals surface area contributed by atoms with E-state index in [0.29, 0.717) is 23.6 Å². The van der Waals surface area contributed by atoms with Crippen LogP contribution in [0.1, 0.15) is 47.8 Å². The van der Waals surface area contributed by atoms with Gasteiger partial charge in [-0.3, -0.25) is 0 Å². The third-order valence-corrected chi connectivity index (χ3v) is 7.26. The van der Waals surface area contributed by atoms with E-state index in [1.165, 1.54) is 5.57 Å². The molecule has 1 aliphatic heterocycles. The molecular formula is C35H36N2O4. The molecule has 1 aliphatic rings. The molecule has 4 aromatic rings. The van der Waals surface area contributed by atoms with Gasteiger partial charge in [0.25, 0.3) is 0 Å². The molecule has 0 fully saturated rings. The summed E-state index contributed by atoms with van der Waals surface area (Å²) >= 11 is 0. The molecule has 1 heterocycles. The van der Waals surface area contributed by atoms with Crippen molar-refractivity contribution in [2.75, 3.05) is 24.9 Å². The van der Waals surface area contributed by atoms with E-state index in [2.05, 4.69) is 49.6 Å². The van der Waals surface area contributed by atoms with Gasteiger partial charge in [-0.1, -0.05) is 42.0 Å². The Morgan fingerprint density at radius 2 is 1.56 bits per heavy atom. The van der Waals surface area contributed by atoms with Gasteiger partial charge >= 0.3 is 5.97 Å². The van der Waals surface area contributed by atoms with Crippen LogP contribution >= 0.6 is 0 Å². The third kappa shape index (κ3) is 5.92. The fourth-order valence-corrected chi connectivity index (χ4v) is 5.42. The number of rotatable bonds is 8. The Morgan fingerprint density at radius 1 is 0.854 bits per heavy atom. The second kappa shape index (κ2) is 11.4. The van der Waals surface area contributed by atoms with Gasteiger partial charge in [0, 0.05) is 29.4 Å². The molecule has 0 saturated heterocycles. The smallest absolute Gasteiger partial charge is 0.343 e. The van der Waals surface area contributed by atoms with Crippen LogP contribution in [0, 0.1) is 6.92 Å². The van der Waals surface area contributed by atoms with Crippen molar-refractivity contribution in [3.63, 3.8) is 0 Å². The SMILES string of the molecule is COc1ccccc1NCc1c(-c2ccc(OC(=O)c3ccc(C)cc3)cc2OC)ccc2c1C(C)=CC(C)(C)N2. The lowest BCUT2D eigenvalue weighted by Crippen LogP contribution is -2.32. The molecular weight excluding hydrogens is 512 g/mol. The van der Waals surface area contributed by atoms with Gasteiger partial charge in [0.1, 0.15) is 17.2 Å². The fourth-order valence-electron chi connectivity index (χ4n) is 5.42. The van der Waals surface area contributed by atoms with Crippen LogP contribution in [0.2, 0.25) is 0 Å². The predicted octanol–water partition coefficient (Wildman–Crippen LogP) is 8.12. The van der Waals surface area contributed by atoms with Crippen LogP contribution in [0.5, 0.6) is 17.2 Å². The summed E-state index contributed by atoms with van der Waals surface area (Å²) in [7, 11) is 3.30. The van der Waals surface area contributed by atoms with Crippen molar-refractivity contribution in [3.8, 4) is 28.4 Å². The normalized spacial score (nSPS) is 13.4. The Labute approximate surface area is 242 Å². The predicted molar refractivity (Wildman–Crippen MR) is 166 cm³/mol. The van der Waals surface area contributed by atoms with Gasteiger partial charge in [-0.15, -0.1) is 0 Å². The number of esters is 1. The number of benzene rings is 4. The monoisotopic (exact) mass is 548 g/mol. The molecule has 0 amide bonds. The van der Waals surface area contributed by atoms with E-state index in [1.807, 2.05) is 55.5 Å². The third-order valence-electron chi connectivity index (χ3n) is 7.26. The number of para-hydroxylation sites is 2. The average molecular weight is 549 g/mol. The molecule has 0 aromatic heterocycles. The summed E-state index contributed by atoms with van der Waals surface area (Å²) in [6.07, 6.45) is 2.26. The van der Waals surface area contributed by atoms with Gasteiger partial charge in [0.2, 0.25) is 0 Å². The first-order valence-electron chi connectivity index (χ1n) is 13.7. The standard InChI is InChI=1S/C35H36N2O4/c1-22-11-13-24(14-12-22)34(38)41-25-15-16-27(32(19-25)40-6)26-17-18-30-33(23(2)20-35(3,4)37-30)28(26)21-36-29-9-7-8-10-31(29)39-5/h7-20,36-37H,21H2,1-6H3. The number of aryl methyl sites for hydroxylation is 1. The molecule has 0 bridgehead atoms. The van der Waals surface area contributed by atoms with E-state index in [9.17, 15) is 4.79 Å². The van der Waals surface area contributed by atoms with Crippen LogP contribution in [-0.2, 0) is 6.54 Å². The molecule has 6 heteroatoms. The largest absolute Gasteiger partial charge is 0.496 e. The first-order chi connectivity index (χ1) is 19.7. The number of ether oxygens (including phenoxy) is 3. The first-order valence-corrected chi connectivity index (χ1v) is 13.7. The summed E-state index contributed by atoms with van der Waals surface area (Å²) in [5.41, 5.74) is 8.81. The quantitative estimate of drug-likeness (QED) is 0.171. The summed E-state index contributed by atoms with van der Waals surface area (Å²) in [4.78, 5) is 12.8. The highest BCUT2D eigenvalue weighted by molar-refractivity contribution is 5.92. The van der Waals surface area contributed by atoms with Crippen LogP contribution in [0.15, 0.2) is 84.9 Å². The second-order valence-corrected chi connectivity index (χ2v) is 10.9. The molecule has 4 aromatic carbocycles. The van der Waals surface area contributed by atoms with Crippen molar-refractivity contribution in [1.29, 1.82) is 0 Å². The highest BCUT2D eigenvalue weighted by atomic mass is 16.5. The molecule has 41 heavy (non-hydrogen) atoms. The molecule has 0 spiro atoms. The molecule has 0 aliphatic carbocycles. The highest BCUT2D eigenvalue weighted by Gasteiger charge is 2.27. The summed E-state index contributed by atoms with van der Waals surface area (Å²) in [5.74, 6) is 1.40. The molecule has 5 rings (SSSR count). The summed E-state index contributed by atoms with van der Waals surface area (Å²) in [6.45, 7) is 9.02. The van der Waals surface area contributed by atoms with Crippen molar-refractivity contribution in [3.05, 3.63) is 107 Å². The Hall–Kier alpha value is -4.71. The van der Waals surface area contributed by atoms with E-state index in [1.54, 1.807) is 32.4 Å². The lowest BCUT2D eigenvalue weighted by Gasteiger charge is -2.33. The molecule has 210 valence electrons. The molecule has 0 unspecified atom stereocenters. The van der Waals surface area contributed by atoms with Gasteiger partial charge < -0.3 is 24.8 Å². The topological polar surface area (TPSA) is 68.8 Å². The summed E-state index contributed by atoms with van der Waals surface area (Å²) < 4.78 is 17.1. The molecule has 2 N–H and O–H groups in total. The Bertz CT molecular complexity index is 1620. The lowest BCUT2D eigenvalue weighted by molar-refractivity contribution is 0.0734. The number of methoxy groups -OCH3 is 2. The van der Waals surface area contributed by atoms with Gasteiger partial charge in [-0.05, 0) is 86.9 Å². The summed E-state index contributed by atoms with van der Waals surface area (Å²) in [5, 5.41) is 7.26. The highest BCUT2D eigenvalue weighted by Crippen LogP contribution is 2.43. The maximum absolute atomic E-state index is 12.8. The van der Waals surface area contributed by atoms with E-state index >= 15 is 0 Å². The number of fused-ring (bicyclic) bond motifs is 1. The minimum atomic E-state index is -0.412. The molecule has 0 saturated carbocycles.